The van der Waals surface area contributed by atoms with Gasteiger partial charge in [0.15, 0.2) is 0 Å². The van der Waals surface area contributed by atoms with Crippen molar-refractivity contribution in [2.24, 2.45) is 5.73 Å². The molecule has 0 bridgehead atoms. The molecule has 0 unspecified atom stereocenters. The lowest BCUT2D eigenvalue weighted by Crippen LogP contribution is -2.37. The van der Waals surface area contributed by atoms with Crippen LogP contribution in [0.3, 0.4) is 0 Å². The molecule has 0 rings (SSSR count). The van der Waals surface area contributed by atoms with Gasteiger partial charge in [-0.25, -0.2) is 0 Å². The topological polar surface area (TPSA) is 119 Å². The van der Waals surface area contributed by atoms with E-state index in [1.807, 2.05) is 0 Å². The summed E-state index contributed by atoms with van der Waals surface area (Å²) in [5.41, 5.74) is 6.02. The van der Waals surface area contributed by atoms with E-state index in [1.165, 1.54) is 6.92 Å². The van der Waals surface area contributed by atoms with Crippen molar-refractivity contribution in [1.82, 2.24) is 6.15 Å². The van der Waals surface area contributed by atoms with Gasteiger partial charge in [0, 0.05) is 11.7 Å². The maximum absolute atomic E-state index is 9.69. The van der Waals surface area contributed by atoms with E-state index in [0.29, 0.717) is 0 Å². The Hall–Kier alpha value is 0.0700. The van der Waals surface area contributed by atoms with E-state index in [4.69, 9.17) is 15.5 Å². The van der Waals surface area contributed by atoms with Crippen LogP contribution in [-0.4, -0.2) is 21.5 Å². The first kappa shape index (κ1) is 20.5. The molecule has 0 aliphatic heterocycles. The van der Waals surface area contributed by atoms with Crippen LogP contribution >= 0.6 is 7.60 Å². The fourth-order valence-electron chi connectivity index (χ4n) is 0.750. The number of nitrogens with two attached hydrogens (primary N) is 1. The normalized spacial score (nSPS) is 11.1. The Morgan fingerprint density at radius 1 is 1.07 bits per heavy atom. The molecular formula is C9H27N2O3P. The standard InChI is InChI=1S/C7H17N.C2H7O3P.H3N/c1-4-7(8,5-2)6-3;1-2-6(3,4)5;/h4-6,8H2,1-3H3;2H2,1H3,(H2,3,4,5);1H3. The van der Waals surface area contributed by atoms with Gasteiger partial charge in [-0.05, 0) is 19.3 Å². The van der Waals surface area contributed by atoms with Gasteiger partial charge in [-0.3, -0.25) is 4.57 Å². The van der Waals surface area contributed by atoms with Gasteiger partial charge in [-0.15, -0.1) is 0 Å². The molecule has 0 heterocycles. The molecule has 7 N–H and O–H groups in total. The second-order valence-electron chi connectivity index (χ2n) is 3.40. The highest BCUT2D eigenvalue weighted by atomic mass is 31.2. The summed E-state index contributed by atoms with van der Waals surface area (Å²) >= 11 is 0. The largest absolute Gasteiger partial charge is 0.344 e. The highest BCUT2D eigenvalue weighted by Crippen LogP contribution is 2.32. The molecule has 0 aromatic rings. The predicted octanol–water partition coefficient (Wildman–Crippen LogP) is 2.26. The maximum Gasteiger partial charge on any atom is 0.325 e. The van der Waals surface area contributed by atoms with Gasteiger partial charge in [0.2, 0.25) is 0 Å². The Morgan fingerprint density at radius 2 is 1.27 bits per heavy atom. The zero-order valence-electron chi connectivity index (χ0n) is 10.4. The molecule has 0 spiro atoms. The van der Waals surface area contributed by atoms with E-state index in [0.717, 1.165) is 19.3 Å². The van der Waals surface area contributed by atoms with Crippen molar-refractivity contribution in [3.8, 4) is 0 Å². The molecule has 0 radical (unpaired) electrons. The molecular weight excluding hydrogens is 215 g/mol. The third-order valence-electron chi connectivity index (χ3n) is 2.52. The van der Waals surface area contributed by atoms with Gasteiger partial charge in [-0.2, -0.15) is 0 Å². The SMILES string of the molecule is CCC(N)(CC)CC.CCP(=O)(O)O.N. The molecule has 0 saturated carbocycles. The van der Waals surface area contributed by atoms with E-state index in [-0.39, 0.29) is 17.9 Å². The molecule has 15 heavy (non-hydrogen) atoms. The van der Waals surface area contributed by atoms with Crippen molar-refractivity contribution in [2.45, 2.75) is 52.5 Å². The highest BCUT2D eigenvalue weighted by molar-refractivity contribution is 7.51. The molecule has 0 amide bonds. The monoisotopic (exact) mass is 242 g/mol. The van der Waals surface area contributed by atoms with E-state index in [2.05, 4.69) is 20.8 Å². The maximum atomic E-state index is 9.69. The fraction of sp³-hybridized carbons (Fsp3) is 1.00. The number of hydrogen-bond donors (Lipinski definition) is 4. The smallest absolute Gasteiger partial charge is 0.325 e. The first-order chi connectivity index (χ1) is 6.24. The van der Waals surface area contributed by atoms with Gasteiger partial charge in [0.05, 0.1) is 0 Å². The third-order valence-corrected chi connectivity index (χ3v) is 3.35. The molecule has 0 atom stereocenters. The molecule has 5 nitrogen and oxygen atoms in total. The summed E-state index contributed by atoms with van der Waals surface area (Å²) in [7, 11) is -3.65. The van der Waals surface area contributed by atoms with Gasteiger partial charge in [-0.1, -0.05) is 27.7 Å². The van der Waals surface area contributed by atoms with Crippen molar-refractivity contribution in [3.05, 3.63) is 0 Å². The highest BCUT2D eigenvalue weighted by Gasteiger charge is 2.15. The molecule has 0 aliphatic carbocycles. The third kappa shape index (κ3) is 14.1. The van der Waals surface area contributed by atoms with Crippen LogP contribution in [0, 0.1) is 0 Å². The van der Waals surface area contributed by atoms with Crippen LogP contribution in [0.4, 0.5) is 0 Å². The zero-order valence-corrected chi connectivity index (χ0v) is 11.3. The molecule has 0 fully saturated rings. The summed E-state index contributed by atoms with van der Waals surface area (Å²) < 4.78 is 9.69. The lowest BCUT2D eigenvalue weighted by molar-refractivity contribution is 0.375. The van der Waals surface area contributed by atoms with Crippen molar-refractivity contribution in [1.29, 1.82) is 0 Å². The van der Waals surface area contributed by atoms with Crippen LogP contribution in [0.2, 0.25) is 0 Å². The van der Waals surface area contributed by atoms with Gasteiger partial charge in [0.1, 0.15) is 0 Å². The Morgan fingerprint density at radius 3 is 1.27 bits per heavy atom. The van der Waals surface area contributed by atoms with Gasteiger partial charge in [0.25, 0.3) is 0 Å². The van der Waals surface area contributed by atoms with Crippen LogP contribution in [0.25, 0.3) is 0 Å². The van der Waals surface area contributed by atoms with E-state index in [9.17, 15) is 4.57 Å². The first-order valence-corrected chi connectivity index (χ1v) is 6.87. The summed E-state index contributed by atoms with van der Waals surface area (Å²) in [5.74, 6) is 0. The van der Waals surface area contributed by atoms with Crippen LogP contribution in [0.5, 0.6) is 0 Å². The van der Waals surface area contributed by atoms with E-state index < -0.39 is 7.60 Å². The van der Waals surface area contributed by atoms with E-state index in [1.54, 1.807) is 0 Å². The Labute approximate surface area is 93.2 Å². The molecule has 0 saturated heterocycles. The van der Waals surface area contributed by atoms with Crippen LogP contribution in [0.1, 0.15) is 47.0 Å². The second kappa shape index (κ2) is 9.31. The number of hydrogen-bond acceptors (Lipinski definition) is 3. The van der Waals surface area contributed by atoms with Gasteiger partial charge >= 0.3 is 7.60 Å². The predicted molar refractivity (Wildman–Crippen MR) is 65.4 cm³/mol. The lowest BCUT2D eigenvalue weighted by atomic mass is 9.92. The van der Waals surface area contributed by atoms with Gasteiger partial charge < -0.3 is 21.7 Å². The van der Waals surface area contributed by atoms with Crippen LogP contribution < -0.4 is 11.9 Å². The van der Waals surface area contributed by atoms with Crippen LogP contribution in [-0.2, 0) is 4.57 Å². The Kier molecular flexibility index (Phi) is 12.7. The average Bonchev–Trinajstić information content (AvgIpc) is 2.16. The second-order valence-corrected chi connectivity index (χ2v) is 5.37. The summed E-state index contributed by atoms with van der Waals surface area (Å²) in [5, 5.41) is 0. The summed E-state index contributed by atoms with van der Waals surface area (Å²) in [6.45, 7) is 7.88. The number of rotatable bonds is 4. The quantitative estimate of drug-likeness (QED) is 0.564. The minimum Gasteiger partial charge on any atom is -0.344 e. The Bertz CT molecular complexity index is 170. The van der Waals surface area contributed by atoms with Crippen LogP contribution in [0.15, 0.2) is 0 Å². The summed E-state index contributed by atoms with van der Waals surface area (Å²) in [6.07, 6.45) is 3.23. The molecule has 96 valence electrons. The first-order valence-electron chi connectivity index (χ1n) is 5.08. The zero-order chi connectivity index (χ0) is 11.8. The average molecular weight is 242 g/mol. The Balaban J connectivity index is -0.000000187. The lowest BCUT2D eigenvalue weighted by Gasteiger charge is -2.23. The van der Waals surface area contributed by atoms with Crippen molar-refractivity contribution in [2.75, 3.05) is 6.16 Å². The molecule has 6 heteroatoms. The minimum atomic E-state index is -3.65. The summed E-state index contributed by atoms with van der Waals surface area (Å²) in [4.78, 5) is 15.9. The van der Waals surface area contributed by atoms with Crippen molar-refractivity contribution >= 4 is 7.60 Å². The molecule has 0 aromatic carbocycles. The summed E-state index contributed by atoms with van der Waals surface area (Å²) in [6, 6.07) is 0. The molecule has 0 aromatic heterocycles. The fourth-order valence-corrected chi connectivity index (χ4v) is 0.750. The van der Waals surface area contributed by atoms with Crippen molar-refractivity contribution < 1.29 is 14.4 Å². The minimum absolute atomic E-state index is 0. The van der Waals surface area contributed by atoms with Crippen molar-refractivity contribution in [3.63, 3.8) is 0 Å². The molecule has 0 aliphatic rings. The van der Waals surface area contributed by atoms with E-state index >= 15 is 0 Å².